The Morgan fingerprint density at radius 1 is 1.29 bits per heavy atom. The lowest BCUT2D eigenvalue weighted by molar-refractivity contribution is -0.131. The minimum Gasteiger partial charge on any atom is -0.450 e. The maximum Gasteiger partial charge on any atom is 0.375 e. The summed E-state index contributed by atoms with van der Waals surface area (Å²) in [6.45, 7) is 1.04. The molecule has 0 unspecified atom stereocenters. The Labute approximate surface area is 143 Å². The topological polar surface area (TPSA) is 88.8 Å². The zero-order valence-corrected chi connectivity index (χ0v) is 14.3. The number of likely N-dealkylation sites (N-methyl/N-ethyl adjacent to an activating group) is 1. The van der Waals surface area contributed by atoms with E-state index in [9.17, 15) is 14.4 Å². The summed E-state index contributed by atoms with van der Waals surface area (Å²) in [6, 6.07) is 4.99. The van der Waals surface area contributed by atoms with Gasteiger partial charge in [0.1, 0.15) is 5.58 Å². The number of nitrogens with one attached hydrogen (secondary N) is 1. The Hall–Kier alpha value is -2.54. The zero-order valence-electron chi connectivity index (χ0n) is 13.5. The number of carbonyl (C=O) groups excluding carboxylic acids is 3. The Kier molecular flexibility index (Phi) is 5.46. The van der Waals surface area contributed by atoms with Crippen LogP contribution in [-0.4, -0.2) is 49.9 Å². The second-order valence-electron chi connectivity index (χ2n) is 5.34. The van der Waals surface area contributed by atoms with Crippen LogP contribution in [0.3, 0.4) is 0 Å². The zero-order chi connectivity index (χ0) is 17.9. The van der Waals surface area contributed by atoms with Crippen molar-refractivity contribution in [2.75, 3.05) is 27.2 Å². The van der Waals surface area contributed by atoms with Crippen molar-refractivity contribution in [1.29, 1.82) is 0 Å². The first-order valence-corrected chi connectivity index (χ1v) is 7.50. The summed E-state index contributed by atoms with van der Waals surface area (Å²) in [4.78, 5) is 36.4. The van der Waals surface area contributed by atoms with Crippen molar-refractivity contribution < 1.29 is 23.5 Å². The van der Waals surface area contributed by atoms with Crippen molar-refractivity contribution in [3.05, 3.63) is 34.5 Å². The summed E-state index contributed by atoms with van der Waals surface area (Å²) in [7, 11) is 3.15. The van der Waals surface area contributed by atoms with E-state index in [0.29, 0.717) is 21.6 Å². The standard InChI is InChI=1S/C16H17ClN2O5/c1-9-11-6-10(17)4-5-12(11)24-15(9)16(22)23-8-13(20)18-7-14(21)19(2)3/h4-6H,7-8H2,1-3H3,(H,18,20). The van der Waals surface area contributed by atoms with E-state index in [4.69, 9.17) is 20.8 Å². The molecule has 0 radical (unpaired) electrons. The number of amides is 2. The Balaban J connectivity index is 1.97. The summed E-state index contributed by atoms with van der Waals surface area (Å²) in [5, 5.41) is 3.59. The third kappa shape index (κ3) is 4.05. The average molecular weight is 353 g/mol. The van der Waals surface area contributed by atoms with Gasteiger partial charge >= 0.3 is 5.97 Å². The predicted octanol–water partition coefficient (Wildman–Crippen LogP) is 1.76. The van der Waals surface area contributed by atoms with Gasteiger partial charge in [-0.15, -0.1) is 0 Å². The number of carbonyl (C=O) groups is 3. The van der Waals surface area contributed by atoms with Crippen molar-refractivity contribution in [1.82, 2.24) is 10.2 Å². The minimum absolute atomic E-state index is 0.0180. The number of aryl methyl sites for hydroxylation is 1. The quantitative estimate of drug-likeness (QED) is 0.828. The van der Waals surface area contributed by atoms with Crippen LogP contribution >= 0.6 is 11.6 Å². The van der Waals surface area contributed by atoms with Crippen LogP contribution in [0.2, 0.25) is 5.02 Å². The molecular weight excluding hydrogens is 336 g/mol. The van der Waals surface area contributed by atoms with Crippen LogP contribution < -0.4 is 5.32 Å². The summed E-state index contributed by atoms with van der Waals surface area (Å²) in [6.07, 6.45) is 0. The van der Waals surface area contributed by atoms with E-state index in [0.717, 1.165) is 0 Å². The number of hydrogen-bond acceptors (Lipinski definition) is 5. The van der Waals surface area contributed by atoms with Crippen LogP contribution in [0.15, 0.2) is 22.6 Å². The molecule has 0 saturated carbocycles. The number of fused-ring (bicyclic) bond motifs is 1. The van der Waals surface area contributed by atoms with E-state index in [2.05, 4.69) is 5.32 Å². The highest BCUT2D eigenvalue weighted by molar-refractivity contribution is 6.31. The number of ether oxygens (including phenoxy) is 1. The summed E-state index contributed by atoms with van der Waals surface area (Å²) in [5.74, 6) is -1.58. The monoisotopic (exact) mass is 352 g/mol. The third-order valence-corrected chi connectivity index (χ3v) is 3.59. The molecule has 0 aliphatic carbocycles. The average Bonchev–Trinajstić information content (AvgIpc) is 2.86. The number of hydrogen-bond donors (Lipinski definition) is 1. The molecule has 0 saturated heterocycles. The Morgan fingerprint density at radius 2 is 2.00 bits per heavy atom. The van der Waals surface area contributed by atoms with E-state index in [1.165, 1.54) is 4.90 Å². The van der Waals surface area contributed by atoms with Crippen molar-refractivity contribution in [2.45, 2.75) is 6.92 Å². The molecule has 1 N–H and O–H groups in total. The fraction of sp³-hybridized carbons (Fsp3) is 0.312. The van der Waals surface area contributed by atoms with Gasteiger partial charge < -0.3 is 19.4 Å². The highest BCUT2D eigenvalue weighted by Crippen LogP contribution is 2.28. The van der Waals surface area contributed by atoms with Gasteiger partial charge in [-0.3, -0.25) is 9.59 Å². The summed E-state index contributed by atoms with van der Waals surface area (Å²) >= 11 is 5.92. The lowest BCUT2D eigenvalue weighted by Gasteiger charge is -2.10. The first kappa shape index (κ1) is 17.8. The molecule has 2 amide bonds. The first-order chi connectivity index (χ1) is 11.3. The predicted molar refractivity (Wildman–Crippen MR) is 87.9 cm³/mol. The molecule has 0 aliphatic rings. The molecule has 1 aromatic heterocycles. The number of benzene rings is 1. The number of esters is 1. The molecule has 0 atom stereocenters. The molecule has 0 bridgehead atoms. The first-order valence-electron chi connectivity index (χ1n) is 7.12. The molecule has 1 heterocycles. The maximum atomic E-state index is 12.1. The molecule has 24 heavy (non-hydrogen) atoms. The van der Waals surface area contributed by atoms with E-state index in [-0.39, 0.29) is 18.2 Å². The number of halogens is 1. The van der Waals surface area contributed by atoms with Crippen molar-refractivity contribution in [3.63, 3.8) is 0 Å². The third-order valence-electron chi connectivity index (χ3n) is 3.35. The minimum atomic E-state index is -0.756. The van der Waals surface area contributed by atoms with Gasteiger partial charge in [-0.1, -0.05) is 11.6 Å². The maximum absolute atomic E-state index is 12.1. The molecule has 8 heteroatoms. The van der Waals surface area contributed by atoms with Gasteiger partial charge in [0, 0.05) is 30.1 Å². The number of rotatable bonds is 5. The normalized spacial score (nSPS) is 10.5. The number of furan rings is 1. The molecule has 2 aromatic rings. The largest absolute Gasteiger partial charge is 0.450 e. The van der Waals surface area contributed by atoms with Gasteiger partial charge in [-0.25, -0.2) is 4.79 Å². The highest BCUT2D eigenvalue weighted by atomic mass is 35.5. The summed E-state index contributed by atoms with van der Waals surface area (Å²) < 4.78 is 10.4. The fourth-order valence-electron chi connectivity index (χ4n) is 1.97. The van der Waals surface area contributed by atoms with Gasteiger partial charge in [0.25, 0.3) is 5.91 Å². The lowest BCUT2D eigenvalue weighted by atomic mass is 10.1. The van der Waals surface area contributed by atoms with E-state index in [1.807, 2.05) is 0 Å². The smallest absolute Gasteiger partial charge is 0.375 e. The Bertz CT molecular complexity index is 797. The van der Waals surface area contributed by atoms with Crippen LogP contribution in [0.5, 0.6) is 0 Å². The van der Waals surface area contributed by atoms with E-state index >= 15 is 0 Å². The van der Waals surface area contributed by atoms with Gasteiger partial charge in [-0.05, 0) is 25.1 Å². The van der Waals surface area contributed by atoms with Crippen molar-refractivity contribution in [2.24, 2.45) is 0 Å². The molecule has 0 fully saturated rings. The van der Waals surface area contributed by atoms with Crippen molar-refractivity contribution in [3.8, 4) is 0 Å². The van der Waals surface area contributed by atoms with Gasteiger partial charge in [0.15, 0.2) is 6.61 Å². The molecule has 128 valence electrons. The Morgan fingerprint density at radius 3 is 2.67 bits per heavy atom. The second-order valence-corrected chi connectivity index (χ2v) is 5.77. The van der Waals surface area contributed by atoms with Crippen LogP contribution in [0.25, 0.3) is 11.0 Å². The van der Waals surface area contributed by atoms with Crippen LogP contribution in [0.4, 0.5) is 0 Å². The van der Waals surface area contributed by atoms with Gasteiger partial charge in [0.05, 0.1) is 6.54 Å². The van der Waals surface area contributed by atoms with Crippen molar-refractivity contribution >= 4 is 40.4 Å². The molecule has 0 aliphatic heterocycles. The molecule has 2 rings (SSSR count). The van der Waals surface area contributed by atoms with Gasteiger partial charge in [0.2, 0.25) is 11.7 Å². The highest BCUT2D eigenvalue weighted by Gasteiger charge is 2.20. The molecular formula is C16H17ClN2O5. The van der Waals surface area contributed by atoms with Crippen LogP contribution in [-0.2, 0) is 14.3 Å². The second kappa shape index (κ2) is 7.35. The van der Waals surface area contributed by atoms with Crippen LogP contribution in [0, 0.1) is 6.92 Å². The van der Waals surface area contributed by atoms with Crippen LogP contribution in [0.1, 0.15) is 16.1 Å². The number of nitrogens with zero attached hydrogens (tertiary/aromatic N) is 1. The molecule has 0 spiro atoms. The van der Waals surface area contributed by atoms with Gasteiger partial charge in [-0.2, -0.15) is 0 Å². The summed E-state index contributed by atoms with van der Waals surface area (Å²) in [5.41, 5.74) is 1.09. The molecule has 7 nitrogen and oxygen atoms in total. The SMILES string of the molecule is Cc1c(C(=O)OCC(=O)NCC(=O)N(C)C)oc2ccc(Cl)cc12. The fourth-order valence-corrected chi connectivity index (χ4v) is 2.14. The lowest BCUT2D eigenvalue weighted by Crippen LogP contribution is -2.38. The van der Waals surface area contributed by atoms with E-state index < -0.39 is 18.5 Å². The molecule has 1 aromatic carbocycles. The van der Waals surface area contributed by atoms with E-state index in [1.54, 1.807) is 39.2 Å².